The SMILES string of the molecule is C#C[C@]12C[C@@H]1CC(C(=O)O)N2C(=O)OC(C)(C)C. The van der Waals surface area contributed by atoms with Crippen LogP contribution in [-0.2, 0) is 9.53 Å². The summed E-state index contributed by atoms with van der Waals surface area (Å²) in [5, 5.41) is 9.16. The van der Waals surface area contributed by atoms with E-state index in [0.717, 1.165) is 0 Å². The van der Waals surface area contributed by atoms with E-state index in [0.29, 0.717) is 12.8 Å². The average Bonchev–Trinajstić information content (AvgIpc) is 2.81. The molecule has 1 amide bonds. The molecular formula is C13H17NO4. The standard InChI is InChI=1S/C13H17NO4/c1-5-13-7-8(13)6-9(10(15)16)14(13)11(17)18-12(2,3)4/h1,8-9H,6-7H2,2-4H3,(H,15,16)/t8-,9?,13-/m0/s1. The maximum absolute atomic E-state index is 12.1. The Balaban J connectivity index is 2.24. The Morgan fingerprint density at radius 3 is 2.56 bits per heavy atom. The fourth-order valence-electron chi connectivity index (χ4n) is 2.60. The summed E-state index contributed by atoms with van der Waals surface area (Å²) in [4.78, 5) is 24.6. The monoisotopic (exact) mass is 251 g/mol. The molecule has 2 fully saturated rings. The summed E-state index contributed by atoms with van der Waals surface area (Å²) in [5.74, 6) is 1.65. The molecule has 0 aromatic carbocycles. The molecule has 98 valence electrons. The number of carboxylic acids is 1. The summed E-state index contributed by atoms with van der Waals surface area (Å²) in [6, 6.07) is -0.866. The first kappa shape index (κ1) is 12.7. The van der Waals surface area contributed by atoms with Crippen molar-refractivity contribution in [2.45, 2.75) is 50.8 Å². The zero-order chi connectivity index (χ0) is 13.7. The lowest BCUT2D eigenvalue weighted by molar-refractivity contribution is -0.143. The fraction of sp³-hybridized carbons (Fsp3) is 0.692. The van der Waals surface area contributed by atoms with Crippen LogP contribution in [0.4, 0.5) is 4.79 Å². The van der Waals surface area contributed by atoms with Crippen molar-refractivity contribution < 1.29 is 19.4 Å². The number of hydrogen-bond donors (Lipinski definition) is 1. The van der Waals surface area contributed by atoms with E-state index in [4.69, 9.17) is 16.3 Å². The molecular weight excluding hydrogens is 234 g/mol. The molecule has 18 heavy (non-hydrogen) atoms. The van der Waals surface area contributed by atoms with E-state index >= 15 is 0 Å². The van der Waals surface area contributed by atoms with Gasteiger partial charge >= 0.3 is 12.1 Å². The van der Waals surface area contributed by atoms with E-state index in [1.54, 1.807) is 20.8 Å². The predicted octanol–water partition coefficient (Wildman–Crippen LogP) is 1.47. The van der Waals surface area contributed by atoms with Gasteiger partial charge in [0.15, 0.2) is 0 Å². The molecule has 0 spiro atoms. The lowest BCUT2D eigenvalue weighted by Gasteiger charge is -2.31. The summed E-state index contributed by atoms with van der Waals surface area (Å²) in [6.07, 6.45) is 5.93. The Morgan fingerprint density at radius 1 is 1.50 bits per heavy atom. The van der Waals surface area contributed by atoms with Crippen LogP contribution in [0.3, 0.4) is 0 Å². The molecule has 1 aliphatic carbocycles. The fourth-order valence-corrected chi connectivity index (χ4v) is 2.60. The van der Waals surface area contributed by atoms with Crippen LogP contribution in [0.15, 0.2) is 0 Å². The van der Waals surface area contributed by atoms with Crippen LogP contribution in [0.1, 0.15) is 33.6 Å². The van der Waals surface area contributed by atoms with Crippen LogP contribution in [-0.4, -0.2) is 39.3 Å². The van der Waals surface area contributed by atoms with Gasteiger partial charge in [0.1, 0.15) is 17.2 Å². The number of carbonyl (C=O) groups is 2. The lowest BCUT2D eigenvalue weighted by atomic mass is 10.2. The van der Waals surface area contributed by atoms with Crippen molar-refractivity contribution in [2.24, 2.45) is 5.92 Å². The molecule has 1 N–H and O–H groups in total. The highest BCUT2D eigenvalue weighted by Gasteiger charge is 2.68. The summed E-state index contributed by atoms with van der Waals surface area (Å²) in [6.45, 7) is 5.22. The number of aliphatic carboxylic acids is 1. The van der Waals surface area contributed by atoms with Gasteiger partial charge in [0.2, 0.25) is 0 Å². The third-order valence-electron chi connectivity index (χ3n) is 3.45. The summed E-state index contributed by atoms with van der Waals surface area (Å²) in [7, 11) is 0. The first-order valence-electron chi connectivity index (χ1n) is 5.94. The van der Waals surface area contributed by atoms with Gasteiger partial charge in [-0.1, -0.05) is 5.92 Å². The topological polar surface area (TPSA) is 66.8 Å². The van der Waals surface area contributed by atoms with Gasteiger partial charge in [-0.3, -0.25) is 4.90 Å². The molecule has 0 bridgehead atoms. The third kappa shape index (κ3) is 1.82. The van der Waals surface area contributed by atoms with Gasteiger partial charge < -0.3 is 9.84 Å². The van der Waals surface area contributed by atoms with E-state index in [-0.39, 0.29) is 5.92 Å². The third-order valence-corrected chi connectivity index (χ3v) is 3.45. The van der Waals surface area contributed by atoms with Crippen molar-refractivity contribution in [1.82, 2.24) is 4.90 Å². The number of carbonyl (C=O) groups excluding carboxylic acids is 1. The van der Waals surface area contributed by atoms with Crippen LogP contribution < -0.4 is 0 Å². The van der Waals surface area contributed by atoms with E-state index in [2.05, 4.69) is 5.92 Å². The molecule has 2 aliphatic rings. The van der Waals surface area contributed by atoms with Gasteiger partial charge in [-0.25, -0.2) is 9.59 Å². The number of fused-ring (bicyclic) bond motifs is 1. The average molecular weight is 251 g/mol. The minimum absolute atomic E-state index is 0.0936. The minimum atomic E-state index is -1.03. The second-order valence-corrected chi connectivity index (χ2v) is 5.91. The van der Waals surface area contributed by atoms with Gasteiger partial charge in [-0.2, -0.15) is 0 Å². The van der Waals surface area contributed by atoms with Crippen molar-refractivity contribution in [2.75, 3.05) is 0 Å². The first-order valence-corrected chi connectivity index (χ1v) is 5.94. The zero-order valence-electron chi connectivity index (χ0n) is 10.8. The van der Waals surface area contributed by atoms with Crippen LogP contribution in [0.2, 0.25) is 0 Å². The highest BCUT2D eigenvalue weighted by molar-refractivity contribution is 5.83. The van der Waals surface area contributed by atoms with Crippen molar-refractivity contribution in [1.29, 1.82) is 0 Å². The van der Waals surface area contributed by atoms with Crippen molar-refractivity contribution in [3.8, 4) is 12.3 Å². The van der Waals surface area contributed by atoms with Gasteiger partial charge in [0, 0.05) is 0 Å². The summed E-state index contributed by atoms with van der Waals surface area (Å²) in [5.41, 5.74) is -1.39. The summed E-state index contributed by atoms with van der Waals surface area (Å²) < 4.78 is 5.25. The van der Waals surface area contributed by atoms with Crippen LogP contribution in [0.25, 0.3) is 0 Å². The van der Waals surface area contributed by atoms with Gasteiger partial charge in [0.25, 0.3) is 0 Å². The second kappa shape index (κ2) is 3.64. The molecule has 2 rings (SSSR count). The molecule has 0 radical (unpaired) electrons. The number of nitrogens with zero attached hydrogens (tertiary/aromatic N) is 1. The number of piperidine rings is 1. The Bertz CT molecular complexity index is 445. The highest BCUT2D eigenvalue weighted by atomic mass is 16.6. The first-order chi connectivity index (χ1) is 8.21. The number of hydrogen-bond acceptors (Lipinski definition) is 3. The molecule has 3 atom stereocenters. The highest BCUT2D eigenvalue weighted by Crippen LogP contribution is 2.58. The van der Waals surface area contributed by atoms with Crippen molar-refractivity contribution in [3.63, 3.8) is 0 Å². The van der Waals surface area contributed by atoms with Crippen LogP contribution in [0.5, 0.6) is 0 Å². The predicted molar refractivity (Wildman–Crippen MR) is 63.8 cm³/mol. The van der Waals surface area contributed by atoms with E-state index in [1.165, 1.54) is 4.90 Å². The molecule has 0 aromatic rings. The van der Waals surface area contributed by atoms with Gasteiger partial charge in [-0.05, 0) is 39.5 Å². The van der Waals surface area contributed by atoms with Crippen LogP contribution >= 0.6 is 0 Å². The largest absolute Gasteiger partial charge is 0.480 e. The Kier molecular flexibility index (Phi) is 2.58. The molecule has 0 aromatic heterocycles. The van der Waals surface area contributed by atoms with E-state index in [9.17, 15) is 9.59 Å². The van der Waals surface area contributed by atoms with Crippen LogP contribution in [0, 0.1) is 18.3 Å². The Morgan fingerprint density at radius 2 is 2.11 bits per heavy atom. The van der Waals surface area contributed by atoms with E-state index in [1.807, 2.05) is 0 Å². The molecule has 1 saturated carbocycles. The number of ether oxygens (including phenoxy) is 1. The maximum atomic E-state index is 12.1. The molecule has 1 aliphatic heterocycles. The second-order valence-electron chi connectivity index (χ2n) is 5.91. The Hall–Kier alpha value is -1.70. The maximum Gasteiger partial charge on any atom is 0.412 e. The number of amides is 1. The quantitative estimate of drug-likeness (QED) is 0.717. The van der Waals surface area contributed by atoms with Crippen molar-refractivity contribution >= 4 is 12.1 Å². The van der Waals surface area contributed by atoms with Crippen molar-refractivity contribution in [3.05, 3.63) is 0 Å². The molecule has 1 heterocycles. The zero-order valence-corrected chi connectivity index (χ0v) is 10.8. The normalized spacial score (nSPS) is 33.6. The minimum Gasteiger partial charge on any atom is -0.480 e. The molecule has 5 nitrogen and oxygen atoms in total. The smallest absolute Gasteiger partial charge is 0.412 e. The molecule has 5 heteroatoms. The van der Waals surface area contributed by atoms with Gasteiger partial charge in [-0.15, -0.1) is 6.42 Å². The number of rotatable bonds is 1. The number of terminal acetylenes is 1. The van der Waals surface area contributed by atoms with E-state index < -0.39 is 29.2 Å². The summed E-state index contributed by atoms with van der Waals surface area (Å²) >= 11 is 0. The van der Waals surface area contributed by atoms with Gasteiger partial charge in [0.05, 0.1) is 0 Å². The Labute approximate surface area is 106 Å². The molecule has 1 unspecified atom stereocenters. The number of likely N-dealkylation sites (tertiary alicyclic amines) is 1. The molecule has 1 saturated heterocycles. The lowest BCUT2D eigenvalue weighted by Crippen LogP contribution is -2.50. The number of carboxylic acid groups (broad SMARTS) is 1.